The van der Waals surface area contributed by atoms with Crippen molar-refractivity contribution in [2.45, 2.75) is 51.2 Å². The molecule has 3 heterocycles. The average molecular weight is 513 g/mol. The van der Waals surface area contributed by atoms with Gasteiger partial charge in [0.15, 0.2) is 0 Å². The molecule has 0 unspecified atom stereocenters. The van der Waals surface area contributed by atoms with E-state index in [0.717, 1.165) is 5.56 Å². The largest absolute Gasteiger partial charge is 0.453 e. The number of aromatic nitrogens is 2. The minimum atomic E-state index is -0.725. The van der Waals surface area contributed by atoms with Crippen LogP contribution in [0, 0.1) is 18.6 Å². The summed E-state index contributed by atoms with van der Waals surface area (Å²) in [5, 5.41) is 3.17. The number of carbonyl (C=O) groups is 2. The van der Waals surface area contributed by atoms with Crippen LogP contribution in [-0.2, 0) is 20.7 Å². The van der Waals surface area contributed by atoms with Crippen LogP contribution in [0.4, 0.5) is 19.3 Å². The molecule has 2 fully saturated rings. The predicted molar refractivity (Wildman–Crippen MR) is 134 cm³/mol. The fourth-order valence-electron chi connectivity index (χ4n) is 5.15. The van der Waals surface area contributed by atoms with Gasteiger partial charge in [-0.05, 0) is 49.6 Å². The third-order valence-electron chi connectivity index (χ3n) is 7.07. The first kappa shape index (κ1) is 25.1. The van der Waals surface area contributed by atoms with E-state index in [1.165, 1.54) is 19.2 Å². The smallest absolute Gasteiger partial charge is 0.409 e. The number of hydrogen-bond donors (Lipinski definition) is 1. The number of methoxy groups -OCH3 is 1. The number of halogens is 2. The summed E-state index contributed by atoms with van der Waals surface area (Å²) in [5.41, 5.74) is 2.46. The Bertz CT molecular complexity index is 1310. The standard InChI is InChI=1S/C27H30F2N4O4/c1-16-7-8-33-23(14-20-15-32(9-10-37-20)27(35)36-2)26(31-24(33)11-16)25-21(28)12-18(13-22(25)29)30-17-3-5-19(34)6-4-17/h7-8,11-13,17,20,30H,3-6,9-10,14-15H2,1-2H3/t20-/m0/s1. The van der Waals surface area contributed by atoms with E-state index in [-0.39, 0.29) is 23.1 Å². The number of imidazole rings is 1. The van der Waals surface area contributed by atoms with Gasteiger partial charge in [-0.25, -0.2) is 18.6 Å². The van der Waals surface area contributed by atoms with Crippen LogP contribution >= 0.6 is 0 Å². The lowest BCUT2D eigenvalue weighted by Crippen LogP contribution is -2.46. The van der Waals surface area contributed by atoms with Crippen LogP contribution < -0.4 is 5.32 Å². The summed E-state index contributed by atoms with van der Waals surface area (Å²) in [6.07, 6.45) is 3.52. The summed E-state index contributed by atoms with van der Waals surface area (Å²) < 4.78 is 43.6. The van der Waals surface area contributed by atoms with Crippen LogP contribution in [0.1, 0.15) is 36.9 Å². The van der Waals surface area contributed by atoms with Crippen molar-refractivity contribution in [2.75, 3.05) is 32.1 Å². The van der Waals surface area contributed by atoms with Crippen molar-refractivity contribution in [3.63, 3.8) is 0 Å². The van der Waals surface area contributed by atoms with Gasteiger partial charge in [-0.3, -0.25) is 4.79 Å². The molecule has 2 aliphatic rings. The van der Waals surface area contributed by atoms with E-state index in [4.69, 9.17) is 9.47 Å². The molecule has 1 atom stereocenters. The number of nitrogens with zero attached hydrogens (tertiary/aromatic N) is 3. The minimum absolute atomic E-state index is 0.00251. The third-order valence-corrected chi connectivity index (χ3v) is 7.07. The van der Waals surface area contributed by atoms with Crippen LogP contribution in [-0.4, -0.2) is 65.1 Å². The quantitative estimate of drug-likeness (QED) is 0.541. The first-order valence-corrected chi connectivity index (χ1v) is 12.5. The van der Waals surface area contributed by atoms with E-state index in [9.17, 15) is 9.59 Å². The molecular formula is C27H30F2N4O4. The van der Waals surface area contributed by atoms with Gasteiger partial charge in [0.2, 0.25) is 0 Å². The number of benzene rings is 1. The Morgan fingerprint density at radius 3 is 2.65 bits per heavy atom. The Hall–Kier alpha value is -3.53. The number of hydrogen-bond acceptors (Lipinski definition) is 6. The topological polar surface area (TPSA) is 85.2 Å². The molecule has 5 rings (SSSR count). The number of morpholine rings is 1. The van der Waals surface area contributed by atoms with Gasteiger partial charge in [-0.2, -0.15) is 0 Å². The van der Waals surface area contributed by atoms with Gasteiger partial charge >= 0.3 is 6.09 Å². The second-order valence-corrected chi connectivity index (χ2v) is 9.72. The zero-order valence-electron chi connectivity index (χ0n) is 20.9. The lowest BCUT2D eigenvalue weighted by molar-refractivity contribution is -0.120. The molecule has 10 heteroatoms. The van der Waals surface area contributed by atoms with Crippen molar-refractivity contribution in [1.82, 2.24) is 14.3 Å². The van der Waals surface area contributed by atoms with Crippen molar-refractivity contribution in [3.8, 4) is 11.3 Å². The highest BCUT2D eigenvalue weighted by Gasteiger charge is 2.29. The lowest BCUT2D eigenvalue weighted by atomic mass is 9.94. The van der Waals surface area contributed by atoms with Gasteiger partial charge in [-0.15, -0.1) is 0 Å². The first-order chi connectivity index (χ1) is 17.8. The van der Waals surface area contributed by atoms with Crippen molar-refractivity contribution < 1.29 is 27.8 Å². The van der Waals surface area contributed by atoms with Crippen LogP contribution in [0.25, 0.3) is 16.9 Å². The fraction of sp³-hybridized carbons (Fsp3) is 0.444. The van der Waals surface area contributed by atoms with E-state index >= 15 is 8.78 Å². The number of aryl methyl sites for hydroxylation is 1. The number of ketones is 1. The van der Waals surface area contributed by atoms with E-state index in [1.54, 1.807) is 4.90 Å². The molecular weight excluding hydrogens is 482 g/mol. The van der Waals surface area contributed by atoms with Gasteiger partial charge in [0.1, 0.15) is 23.1 Å². The summed E-state index contributed by atoms with van der Waals surface area (Å²) >= 11 is 0. The molecule has 1 saturated carbocycles. The van der Waals surface area contributed by atoms with E-state index in [1.807, 2.05) is 29.7 Å². The maximum Gasteiger partial charge on any atom is 0.409 e. The van der Waals surface area contributed by atoms with Crippen LogP contribution in [0.15, 0.2) is 30.5 Å². The van der Waals surface area contributed by atoms with Crippen LogP contribution in [0.3, 0.4) is 0 Å². The van der Waals surface area contributed by atoms with Gasteiger partial charge in [0, 0.05) is 43.7 Å². The molecule has 1 aromatic carbocycles. The van der Waals surface area contributed by atoms with Gasteiger partial charge < -0.3 is 24.1 Å². The lowest BCUT2D eigenvalue weighted by Gasteiger charge is -2.32. The molecule has 0 radical (unpaired) electrons. The first-order valence-electron chi connectivity index (χ1n) is 12.5. The third kappa shape index (κ3) is 5.29. The highest BCUT2D eigenvalue weighted by molar-refractivity contribution is 5.79. The Labute approximate surface area is 213 Å². The summed E-state index contributed by atoms with van der Waals surface area (Å²) in [5.74, 6) is -1.23. The fourth-order valence-corrected chi connectivity index (χ4v) is 5.15. The second-order valence-electron chi connectivity index (χ2n) is 9.72. The van der Waals surface area contributed by atoms with E-state index < -0.39 is 23.8 Å². The molecule has 0 bridgehead atoms. The number of rotatable bonds is 5. The SMILES string of the molecule is COC(=O)N1CCO[C@@H](Cc2c(-c3c(F)cc(NC4CCC(=O)CC4)cc3F)nc3cc(C)ccn23)C1. The highest BCUT2D eigenvalue weighted by Crippen LogP contribution is 2.33. The molecule has 1 N–H and O–H groups in total. The van der Waals surface area contributed by atoms with Gasteiger partial charge in [0.25, 0.3) is 0 Å². The number of amides is 1. The molecule has 37 heavy (non-hydrogen) atoms. The summed E-state index contributed by atoms with van der Waals surface area (Å²) in [6, 6.07) is 6.32. The van der Waals surface area contributed by atoms with Crippen molar-refractivity contribution in [2.24, 2.45) is 0 Å². The van der Waals surface area contributed by atoms with Crippen molar-refractivity contribution >= 4 is 23.2 Å². The zero-order valence-corrected chi connectivity index (χ0v) is 20.9. The van der Waals surface area contributed by atoms with Crippen molar-refractivity contribution in [1.29, 1.82) is 0 Å². The number of Topliss-reactive ketones (excluding diaryl/α,β-unsaturated/α-hetero) is 1. The molecule has 2 aromatic heterocycles. The number of nitrogens with one attached hydrogen (secondary N) is 1. The van der Waals surface area contributed by atoms with Crippen LogP contribution in [0.5, 0.6) is 0 Å². The minimum Gasteiger partial charge on any atom is -0.453 e. The maximum absolute atomic E-state index is 15.5. The number of anilines is 1. The molecule has 1 aliphatic carbocycles. The molecule has 0 spiro atoms. The number of fused-ring (bicyclic) bond motifs is 1. The Morgan fingerprint density at radius 1 is 1.22 bits per heavy atom. The number of ether oxygens (including phenoxy) is 2. The van der Waals surface area contributed by atoms with Gasteiger partial charge in [0.05, 0.1) is 43.3 Å². The maximum atomic E-state index is 15.5. The Kier molecular flexibility index (Phi) is 7.10. The Morgan fingerprint density at radius 2 is 1.95 bits per heavy atom. The number of pyridine rings is 1. The number of carbonyl (C=O) groups excluding carboxylic acids is 2. The monoisotopic (exact) mass is 512 g/mol. The second kappa shape index (κ2) is 10.5. The average Bonchev–Trinajstić information content (AvgIpc) is 3.21. The summed E-state index contributed by atoms with van der Waals surface area (Å²) in [4.78, 5) is 29.7. The zero-order chi connectivity index (χ0) is 26.1. The molecule has 1 saturated heterocycles. The molecule has 1 amide bonds. The summed E-state index contributed by atoms with van der Waals surface area (Å²) in [6.45, 7) is 2.96. The normalized spacial score (nSPS) is 18.9. The van der Waals surface area contributed by atoms with E-state index in [0.29, 0.717) is 68.8 Å². The van der Waals surface area contributed by atoms with E-state index in [2.05, 4.69) is 10.3 Å². The highest BCUT2D eigenvalue weighted by atomic mass is 19.1. The summed E-state index contributed by atoms with van der Waals surface area (Å²) in [7, 11) is 1.33. The van der Waals surface area contributed by atoms with Crippen molar-refractivity contribution in [3.05, 3.63) is 53.4 Å². The molecule has 3 aromatic rings. The predicted octanol–water partition coefficient (Wildman–Crippen LogP) is 4.52. The molecule has 196 valence electrons. The molecule has 8 nitrogen and oxygen atoms in total. The Balaban J connectivity index is 1.48. The molecule has 1 aliphatic heterocycles. The van der Waals surface area contributed by atoms with Gasteiger partial charge in [-0.1, -0.05) is 0 Å². The van der Waals surface area contributed by atoms with Crippen LogP contribution in [0.2, 0.25) is 0 Å².